The predicted octanol–water partition coefficient (Wildman–Crippen LogP) is 5.75. The molecular weight excluding hydrogens is 535 g/mol. The Balaban J connectivity index is 1.22. The molecule has 2 aliphatic rings. The van der Waals surface area contributed by atoms with Crippen LogP contribution >= 0.6 is 0 Å². The van der Waals surface area contributed by atoms with Crippen LogP contribution in [-0.2, 0) is 10.9 Å². The summed E-state index contributed by atoms with van der Waals surface area (Å²) in [6, 6.07) is 19.3. The molecule has 210 valence electrons. The highest BCUT2D eigenvalue weighted by molar-refractivity contribution is 5.93. The zero-order valence-corrected chi connectivity index (χ0v) is 21.9. The minimum absolute atomic E-state index is 0.0728. The minimum atomic E-state index is -4.46. The van der Waals surface area contributed by atoms with Crippen LogP contribution in [0.2, 0.25) is 0 Å². The van der Waals surface area contributed by atoms with Crippen molar-refractivity contribution in [3.05, 3.63) is 102 Å². The number of carbonyl (C=O) groups is 2. The summed E-state index contributed by atoms with van der Waals surface area (Å²) in [5.74, 6) is -0.284. The topological polar surface area (TPSA) is 80.6 Å². The van der Waals surface area contributed by atoms with Crippen molar-refractivity contribution in [2.24, 2.45) is 0 Å². The van der Waals surface area contributed by atoms with Gasteiger partial charge in [0, 0.05) is 37.1 Å². The maximum Gasteiger partial charge on any atom is 0.416 e. The van der Waals surface area contributed by atoms with Gasteiger partial charge >= 0.3 is 12.3 Å². The minimum Gasteiger partial charge on any atom is -0.447 e. The normalized spacial score (nSPS) is 18.0. The number of carbonyl (C=O) groups excluding carboxylic acids is 2. The number of hydrogen-bond acceptors (Lipinski definition) is 5. The highest BCUT2D eigenvalue weighted by atomic mass is 19.4. The van der Waals surface area contributed by atoms with Gasteiger partial charge in [-0.05, 0) is 60.9 Å². The number of likely N-dealkylation sites (tertiary alicyclic amines) is 1. The zero-order chi connectivity index (χ0) is 28.6. The molecule has 2 amide bonds. The van der Waals surface area contributed by atoms with Gasteiger partial charge in [-0.15, -0.1) is 0 Å². The van der Waals surface area contributed by atoms with Crippen LogP contribution in [0.1, 0.15) is 40.5 Å². The number of alkyl halides is 3. The maximum absolute atomic E-state index is 13.6. The van der Waals surface area contributed by atoms with Gasteiger partial charge in [0.05, 0.1) is 23.0 Å². The molecule has 2 saturated heterocycles. The number of ether oxygens (including phenoxy) is 1. The average Bonchev–Trinajstić information content (AvgIpc) is 3.62. The number of benzene rings is 2. The fourth-order valence-corrected chi connectivity index (χ4v) is 5.48. The van der Waals surface area contributed by atoms with Crippen molar-refractivity contribution < 1.29 is 27.5 Å². The van der Waals surface area contributed by atoms with E-state index in [-0.39, 0.29) is 29.8 Å². The summed E-state index contributed by atoms with van der Waals surface area (Å²) in [5, 5.41) is 4.52. The molecule has 0 aliphatic carbocycles. The number of hydrogen-bond donors (Lipinski definition) is 0. The number of aromatic nitrogens is 3. The monoisotopic (exact) mass is 561 g/mol. The lowest BCUT2D eigenvalue weighted by Crippen LogP contribution is -2.47. The van der Waals surface area contributed by atoms with Crippen LogP contribution in [-0.4, -0.2) is 62.3 Å². The molecular formula is C30H26F3N5O3. The molecule has 4 aromatic rings. The van der Waals surface area contributed by atoms with E-state index in [1.54, 1.807) is 40.4 Å². The molecule has 6 rings (SSSR count). The Kier molecular flexibility index (Phi) is 6.94. The van der Waals surface area contributed by atoms with E-state index in [0.29, 0.717) is 49.5 Å². The van der Waals surface area contributed by atoms with E-state index in [0.717, 1.165) is 17.7 Å². The van der Waals surface area contributed by atoms with Crippen molar-refractivity contribution in [1.29, 1.82) is 0 Å². The van der Waals surface area contributed by atoms with Gasteiger partial charge in [0.2, 0.25) is 0 Å². The summed E-state index contributed by atoms with van der Waals surface area (Å²) in [7, 11) is 0. The van der Waals surface area contributed by atoms with Gasteiger partial charge in [0.25, 0.3) is 5.91 Å². The fourth-order valence-electron chi connectivity index (χ4n) is 5.48. The second-order valence-electron chi connectivity index (χ2n) is 10.0. The number of rotatable bonds is 5. The summed E-state index contributed by atoms with van der Waals surface area (Å²) in [4.78, 5) is 33.7. The van der Waals surface area contributed by atoms with E-state index in [1.165, 1.54) is 16.8 Å². The molecule has 0 spiro atoms. The SMILES string of the molecule is O=C(c1cc(-c2ccncc2)n(-c2ccc(C(F)(F)F)cc2)n1)N1CCC(N2C(=O)OC[C@H]2c2ccccc2)CC1. The third-order valence-corrected chi connectivity index (χ3v) is 7.58. The number of halogens is 3. The number of amides is 2. The second-order valence-corrected chi connectivity index (χ2v) is 10.0. The Morgan fingerprint density at radius 2 is 1.61 bits per heavy atom. The number of pyridine rings is 1. The second kappa shape index (κ2) is 10.7. The Hall–Kier alpha value is -4.67. The van der Waals surface area contributed by atoms with Crippen LogP contribution in [0, 0.1) is 0 Å². The first kappa shape index (κ1) is 26.5. The molecule has 2 aliphatic heterocycles. The molecule has 1 atom stereocenters. The Morgan fingerprint density at radius 1 is 0.927 bits per heavy atom. The highest BCUT2D eigenvalue weighted by Crippen LogP contribution is 2.34. The summed E-state index contributed by atoms with van der Waals surface area (Å²) in [5.41, 5.74) is 2.07. The molecule has 41 heavy (non-hydrogen) atoms. The first-order chi connectivity index (χ1) is 19.8. The Morgan fingerprint density at radius 3 is 2.27 bits per heavy atom. The lowest BCUT2D eigenvalue weighted by molar-refractivity contribution is -0.137. The third kappa shape index (κ3) is 5.27. The lowest BCUT2D eigenvalue weighted by atomic mass is 9.99. The first-order valence-corrected chi connectivity index (χ1v) is 13.3. The Bertz CT molecular complexity index is 1530. The molecule has 0 bridgehead atoms. The molecule has 0 unspecified atom stereocenters. The smallest absolute Gasteiger partial charge is 0.416 e. The van der Waals surface area contributed by atoms with Crippen molar-refractivity contribution in [3.63, 3.8) is 0 Å². The van der Waals surface area contributed by atoms with Crippen molar-refractivity contribution in [1.82, 2.24) is 24.6 Å². The van der Waals surface area contributed by atoms with Crippen molar-refractivity contribution in [3.8, 4) is 16.9 Å². The summed E-state index contributed by atoms with van der Waals surface area (Å²) >= 11 is 0. The molecule has 2 aromatic carbocycles. The molecule has 8 nitrogen and oxygen atoms in total. The van der Waals surface area contributed by atoms with Crippen LogP contribution in [0.25, 0.3) is 16.9 Å². The molecule has 2 aromatic heterocycles. The van der Waals surface area contributed by atoms with Crippen molar-refractivity contribution in [2.45, 2.75) is 31.1 Å². The van der Waals surface area contributed by atoms with Crippen molar-refractivity contribution in [2.75, 3.05) is 19.7 Å². The standard InChI is InChI=1S/C30H26F3N5O3/c31-30(32,33)22-6-8-24(9-7-22)38-26(21-10-14-34-15-11-21)18-25(35-38)28(39)36-16-12-23(13-17-36)37-27(19-41-29(37)40)20-4-2-1-3-5-20/h1-11,14-15,18,23,27H,12-13,16-17,19H2/t27-/m0/s1. The van der Waals surface area contributed by atoms with Crippen LogP contribution in [0.3, 0.4) is 0 Å². The van der Waals surface area contributed by atoms with Gasteiger partial charge in [-0.2, -0.15) is 18.3 Å². The van der Waals surface area contributed by atoms with Gasteiger partial charge in [-0.3, -0.25) is 14.7 Å². The molecule has 11 heteroatoms. The highest BCUT2D eigenvalue weighted by Gasteiger charge is 2.41. The van der Waals surface area contributed by atoms with E-state index in [9.17, 15) is 22.8 Å². The average molecular weight is 562 g/mol. The van der Waals surface area contributed by atoms with Crippen LogP contribution in [0.4, 0.5) is 18.0 Å². The zero-order valence-electron chi connectivity index (χ0n) is 21.9. The van der Waals surface area contributed by atoms with E-state index in [2.05, 4.69) is 10.1 Å². The van der Waals surface area contributed by atoms with Crippen LogP contribution < -0.4 is 0 Å². The number of piperidine rings is 1. The van der Waals surface area contributed by atoms with E-state index in [4.69, 9.17) is 4.74 Å². The van der Waals surface area contributed by atoms with Crippen LogP contribution in [0.5, 0.6) is 0 Å². The molecule has 0 radical (unpaired) electrons. The van der Waals surface area contributed by atoms with Gasteiger partial charge in [-0.1, -0.05) is 30.3 Å². The summed E-state index contributed by atoms with van der Waals surface area (Å²) < 4.78 is 46.2. The maximum atomic E-state index is 13.6. The van der Waals surface area contributed by atoms with Crippen LogP contribution in [0.15, 0.2) is 85.2 Å². The van der Waals surface area contributed by atoms with E-state index < -0.39 is 11.7 Å². The number of cyclic esters (lactones) is 1. The van der Waals surface area contributed by atoms with Gasteiger partial charge in [-0.25, -0.2) is 9.48 Å². The molecule has 0 saturated carbocycles. The van der Waals surface area contributed by atoms with E-state index >= 15 is 0 Å². The largest absolute Gasteiger partial charge is 0.447 e. The molecule has 4 heterocycles. The third-order valence-electron chi connectivity index (χ3n) is 7.58. The van der Waals surface area contributed by atoms with E-state index in [1.807, 2.05) is 30.3 Å². The van der Waals surface area contributed by atoms with Crippen molar-refractivity contribution >= 4 is 12.0 Å². The summed E-state index contributed by atoms with van der Waals surface area (Å²) in [6.07, 6.45) is -0.449. The first-order valence-electron chi connectivity index (χ1n) is 13.3. The quantitative estimate of drug-likeness (QED) is 0.310. The van der Waals surface area contributed by atoms with Gasteiger partial charge in [0.1, 0.15) is 6.61 Å². The lowest BCUT2D eigenvalue weighted by Gasteiger charge is -2.37. The van der Waals surface area contributed by atoms with Gasteiger partial charge in [0.15, 0.2) is 5.69 Å². The summed E-state index contributed by atoms with van der Waals surface area (Å²) in [6.45, 7) is 1.14. The fraction of sp³-hybridized carbons (Fsp3) is 0.267. The van der Waals surface area contributed by atoms with Gasteiger partial charge < -0.3 is 9.64 Å². The molecule has 2 fully saturated rings. The molecule has 0 N–H and O–H groups in total. The Labute approximate surface area is 234 Å². The predicted molar refractivity (Wildman–Crippen MR) is 143 cm³/mol. The number of nitrogens with zero attached hydrogens (tertiary/aromatic N) is 5.